The maximum atomic E-state index is 13.6. The van der Waals surface area contributed by atoms with Crippen molar-refractivity contribution in [3.63, 3.8) is 0 Å². The molecule has 0 unspecified atom stereocenters. The highest BCUT2D eigenvalue weighted by Gasteiger charge is 2.05. The zero-order valence-corrected chi connectivity index (χ0v) is 10.2. The molecule has 0 saturated heterocycles. The molecular weight excluding hydrogens is 215 g/mol. The van der Waals surface area contributed by atoms with E-state index in [0.717, 1.165) is 17.8 Å². The monoisotopic (exact) mass is 232 g/mol. The van der Waals surface area contributed by atoms with E-state index in [1.807, 2.05) is 31.3 Å². The fraction of sp³-hybridized carbons (Fsp3) is 0.286. The molecule has 2 nitrogen and oxygen atoms in total. The SMILES string of the molecule is CCn1cccc1CNc1c(C)cccc1F. The average molecular weight is 232 g/mol. The average Bonchev–Trinajstić information content (AvgIpc) is 2.76. The zero-order valence-electron chi connectivity index (χ0n) is 10.2. The second kappa shape index (κ2) is 5.04. The summed E-state index contributed by atoms with van der Waals surface area (Å²) in [6.45, 7) is 5.57. The molecule has 17 heavy (non-hydrogen) atoms. The van der Waals surface area contributed by atoms with Crippen LogP contribution in [0.4, 0.5) is 10.1 Å². The predicted octanol–water partition coefficient (Wildman–Crippen LogP) is 3.57. The van der Waals surface area contributed by atoms with Gasteiger partial charge in [-0.15, -0.1) is 0 Å². The molecule has 1 N–H and O–H groups in total. The predicted molar refractivity (Wildman–Crippen MR) is 68.6 cm³/mol. The lowest BCUT2D eigenvalue weighted by Crippen LogP contribution is -2.07. The van der Waals surface area contributed by atoms with E-state index in [-0.39, 0.29) is 5.82 Å². The van der Waals surface area contributed by atoms with Crippen molar-refractivity contribution in [2.45, 2.75) is 26.9 Å². The molecule has 2 rings (SSSR count). The quantitative estimate of drug-likeness (QED) is 0.852. The number of halogens is 1. The number of anilines is 1. The minimum absolute atomic E-state index is 0.195. The third-order valence-corrected chi connectivity index (χ3v) is 2.93. The van der Waals surface area contributed by atoms with Crippen LogP contribution in [0.1, 0.15) is 18.2 Å². The van der Waals surface area contributed by atoms with Gasteiger partial charge >= 0.3 is 0 Å². The third-order valence-electron chi connectivity index (χ3n) is 2.93. The molecule has 0 aliphatic heterocycles. The number of aryl methyl sites for hydroxylation is 2. The van der Waals surface area contributed by atoms with Gasteiger partial charge in [-0.3, -0.25) is 0 Å². The van der Waals surface area contributed by atoms with Gasteiger partial charge in [0.2, 0.25) is 0 Å². The minimum atomic E-state index is -0.195. The lowest BCUT2D eigenvalue weighted by atomic mass is 10.2. The van der Waals surface area contributed by atoms with Crippen LogP contribution in [0, 0.1) is 12.7 Å². The first kappa shape index (κ1) is 11.7. The summed E-state index contributed by atoms with van der Waals surface area (Å²) in [6, 6.07) is 9.17. The number of nitrogens with zero attached hydrogens (tertiary/aromatic N) is 1. The van der Waals surface area contributed by atoms with Gasteiger partial charge in [0.15, 0.2) is 0 Å². The Kier molecular flexibility index (Phi) is 3.47. The fourth-order valence-corrected chi connectivity index (χ4v) is 1.95. The van der Waals surface area contributed by atoms with Crippen molar-refractivity contribution in [1.29, 1.82) is 0 Å². The van der Waals surface area contributed by atoms with E-state index < -0.39 is 0 Å². The summed E-state index contributed by atoms with van der Waals surface area (Å²) in [5.74, 6) is -0.195. The van der Waals surface area contributed by atoms with Crippen LogP contribution in [-0.4, -0.2) is 4.57 Å². The van der Waals surface area contributed by atoms with Crippen molar-refractivity contribution in [3.05, 3.63) is 53.6 Å². The van der Waals surface area contributed by atoms with Crippen LogP contribution in [0.5, 0.6) is 0 Å². The zero-order chi connectivity index (χ0) is 12.3. The molecule has 1 aromatic heterocycles. The molecule has 90 valence electrons. The Labute approximate surface area is 101 Å². The van der Waals surface area contributed by atoms with Crippen LogP contribution < -0.4 is 5.32 Å². The molecule has 0 amide bonds. The summed E-state index contributed by atoms with van der Waals surface area (Å²) < 4.78 is 15.7. The van der Waals surface area contributed by atoms with E-state index in [4.69, 9.17) is 0 Å². The molecule has 0 bridgehead atoms. The van der Waals surface area contributed by atoms with Crippen molar-refractivity contribution in [1.82, 2.24) is 4.57 Å². The summed E-state index contributed by atoms with van der Waals surface area (Å²) in [5.41, 5.74) is 2.69. The molecule has 3 heteroatoms. The molecule has 0 radical (unpaired) electrons. The standard InChI is InChI=1S/C14H17FN2/c1-3-17-9-5-7-12(17)10-16-14-11(2)6-4-8-13(14)15/h4-9,16H,3,10H2,1-2H3. The van der Waals surface area contributed by atoms with Crippen molar-refractivity contribution >= 4 is 5.69 Å². The van der Waals surface area contributed by atoms with Gasteiger partial charge in [0.25, 0.3) is 0 Å². The highest BCUT2D eigenvalue weighted by Crippen LogP contribution is 2.19. The van der Waals surface area contributed by atoms with Gasteiger partial charge in [0, 0.05) is 18.4 Å². The van der Waals surface area contributed by atoms with E-state index in [1.54, 1.807) is 6.07 Å². The van der Waals surface area contributed by atoms with Crippen molar-refractivity contribution in [2.75, 3.05) is 5.32 Å². The summed E-state index contributed by atoms with van der Waals surface area (Å²) in [4.78, 5) is 0. The molecule has 0 aliphatic rings. The molecule has 0 saturated carbocycles. The number of nitrogens with one attached hydrogen (secondary N) is 1. The normalized spacial score (nSPS) is 10.5. The third kappa shape index (κ3) is 2.49. The highest BCUT2D eigenvalue weighted by atomic mass is 19.1. The number of hydrogen-bond donors (Lipinski definition) is 1. The van der Waals surface area contributed by atoms with Crippen LogP contribution in [0.25, 0.3) is 0 Å². The van der Waals surface area contributed by atoms with Crippen LogP contribution in [0.2, 0.25) is 0 Å². The molecule has 1 heterocycles. The largest absolute Gasteiger partial charge is 0.377 e. The van der Waals surface area contributed by atoms with Gasteiger partial charge < -0.3 is 9.88 Å². The number of aromatic nitrogens is 1. The number of para-hydroxylation sites is 1. The van der Waals surface area contributed by atoms with E-state index >= 15 is 0 Å². The summed E-state index contributed by atoms with van der Waals surface area (Å²) >= 11 is 0. The Morgan fingerprint density at radius 1 is 1.24 bits per heavy atom. The molecule has 2 aromatic rings. The van der Waals surface area contributed by atoms with Crippen LogP contribution in [-0.2, 0) is 13.1 Å². The minimum Gasteiger partial charge on any atom is -0.377 e. The second-order valence-corrected chi connectivity index (χ2v) is 4.07. The van der Waals surface area contributed by atoms with Crippen molar-refractivity contribution < 1.29 is 4.39 Å². The second-order valence-electron chi connectivity index (χ2n) is 4.07. The van der Waals surface area contributed by atoms with Gasteiger partial charge in [-0.25, -0.2) is 4.39 Å². The molecule has 0 aliphatic carbocycles. The summed E-state index contributed by atoms with van der Waals surface area (Å²) in [5, 5.41) is 3.16. The molecule has 0 fully saturated rings. The van der Waals surface area contributed by atoms with E-state index in [9.17, 15) is 4.39 Å². The maximum absolute atomic E-state index is 13.6. The summed E-state index contributed by atoms with van der Waals surface area (Å²) in [6.07, 6.45) is 2.03. The van der Waals surface area contributed by atoms with Crippen LogP contribution in [0.15, 0.2) is 36.5 Å². The smallest absolute Gasteiger partial charge is 0.146 e. The topological polar surface area (TPSA) is 17.0 Å². The molecule has 0 atom stereocenters. The molecule has 0 spiro atoms. The Morgan fingerprint density at radius 3 is 2.76 bits per heavy atom. The van der Waals surface area contributed by atoms with E-state index in [1.165, 1.54) is 6.07 Å². The first-order valence-corrected chi connectivity index (χ1v) is 5.85. The van der Waals surface area contributed by atoms with Crippen LogP contribution >= 0.6 is 0 Å². The number of hydrogen-bond acceptors (Lipinski definition) is 1. The number of benzene rings is 1. The van der Waals surface area contributed by atoms with Gasteiger partial charge in [-0.2, -0.15) is 0 Å². The van der Waals surface area contributed by atoms with Gasteiger partial charge in [0.1, 0.15) is 5.82 Å². The number of rotatable bonds is 4. The van der Waals surface area contributed by atoms with Crippen molar-refractivity contribution in [2.24, 2.45) is 0 Å². The molecular formula is C14H17FN2. The lowest BCUT2D eigenvalue weighted by molar-refractivity contribution is 0.628. The van der Waals surface area contributed by atoms with Gasteiger partial charge in [-0.1, -0.05) is 12.1 Å². The molecule has 1 aromatic carbocycles. The summed E-state index contributed by atoms with van der Waals surface area (Å²) in [7, 11) is 0. The Morgan fingerprint density at radius 2 is 2.06 bits per heavy atom. The van der Waals surface area contributed by atoms with E-state index in [0.29, 0.717) is 12.2 Å². The van der Waals surface area contributed by atoms with E-state index in [2.05, 4.69) is 16.8 Å². The lowest BCUT2D eigenvalue weighted by Gasteiger charge is -2.12. The Hall–Kier alpha value is -1.77. The first-order chi connectivity index (χ1) is 8.22. The maximum Gasteiger partial charge on any atom is 0.146 e. The first-order valence-electron chi connectivity index (χ1n) is 5.85. The van der Waals surface area contributed by atoms with Crippen molar-refractivity contribution in [3.8, 4) is 0 Å². The Bertz CT molecular complexity index is 482. The van der Waals surface area contributed by atoms with Crippen LogP contribution in [0.3, 0.4) is 0 Å². The fourth-order valence-electron chi connectivity index (χ4n) is 1.95. The van der Waals surface area contributed by atoms with Gasteiger partial charge in [0.05, 0.1) is 12.2 Å². The van der Waals surface area contributed by atoms with Gasteiger partial charge in [-0.05, 0) is 37.6 Å². The highest BCUT2D eigenvalue weighted by molar-refractivity contribution is 5.51. The Balaban J connectivity index is 2.13.